The number of halogens is 2. The molecule has 2 aromatic rings. The quantitative estimate of drug-likeness (QED) is 0.807. The Kier molecular flexibility index (Phi) is 6.35. The first-order valence-electron chi connectivity index (χ1n) is 8.61. The van der Waals surface area contributed by atoms with Gasteiger partial charge in [0.05, 0.1) is 16.5 Å². The van der Waals surface area contributed by atoms with E-state index in [-0.39, 0.29) is 5.91 Å². The molecule has 3 nitrogen and oxygen atoms in total. The van der Waals surface area contributed by atoms with Crippen molar-refractivity contribution >= 4 is 29.1 Å². The van der Waals surface area contributed by atoms with Crippen LogP contribution in [0.15, 0.2) is 42.5 Å². The van der Waals surface area contributed by atoms with E-state index in [9.17, 15) is 4.79 Å². The topological polar surface area (TPSA) is 32.3 Å². The van der Waals surface area contributed by atoms with Crippen molar-refractivity contribution in [3.05, 3.63) is 69.2 Å². The van der Waals surface area contributed by atoms with Crippen LogP contribution in [-0.2, 0) is 24.3 Å². The molecule has 1 heterocycles. The Bertz CT molecular complexity index is 742. The molecule has 132 valence electrons. The van der Waals surface area contributed by atoms with Crippen molar-refractivity contribution in [3.8, 4) is 0 Å². The molecule has 3 rings (SSSR count). The maximum absolute atomic E-state index is 12.2. The van der Waals surface area contributed by atoms with E-state index in [1.807, 2.05) is 12.1 Å². The summed E-state index contributed by atoms with van der Waals surface area (Å²) in [5.74, 6) is -0.0191. The molecular formula is C20H22Cl2N2O. The zero-order valence-electron chi connectivity index (χ0n) is 14.1. The first kappa shape index (κ1) is 18.2. The number of hydrogen-bond acceptors (Lipinski definition) is 2. The average molecular weight is 377 g/mol. The second-order valence-electron chi connectivity index (χ2n) is 6.45. The van der Waals surface area contributed by atoms with E-state index in [2.05, 4.69) is 28.4 Å². The van der Waals surface area contributed by atoms with E-state index in [1.165, 1.54) is 24.0 Å². The summed E-state index contributed by atoms with van der Waals surface area (Å²) in [6.45, 7) is 3.83. The van der Waals surface area contributed by atoms with Crippen LogP contribution in [-0.4, -0.2) is 23.9 Å². The molecule has 0 unspecified atom stereocenters. The van der Waals surface area contributed by atoms with Crippen molar-refractivity contribution in [2.75, 3.05) is 13.1 Å². The van der Waals surface area contributed by atoms with Crippen LogP contribution in [0.4, 0.5) is 0 Å². The second kappa shape index (κ2) is 8.70. The lowest BCUT2D eigenvalue weighted by Crippen LogP contribution is -2.26. The van der Waals surface area contributed by atoms with E-state index in [0.717, 1.165) is 25.2 Å². The molecule has 25 heavy (non-hydrogen) atoms. The van der Waals surface area contributed by atoms with Gasteiger partial charge in [-0.2, -0.15) is 0 Å². The minimum atomic E-state index is -0.0191. The molecule has 0 aromatic heterocycles. The van der Waals surface area contributed by atoms with Crippen molar-refractivity contribution in [2.45, 2.75) is 32.4 Å². The smallest absolute Gasteiger partial charge is 0.224 e. The van der Waals surface area contributed by atoms with Crippen molar-refractivity contribution in [2.24, 2.45) is 0 Å². The summed E-state index contributed by atoms with van der Waals surface area (Å²) < 4.78 is 0. The van der Waals surface area contributed by atoms with Gasteiger partial charge in [-0.3, -0.25) is 9.69 Å². The highest BCUT2D eigenvalue weighted by atomic mass is 35.5. The largest absolute Gasteiger partial charge is 0.352 e. The molecule has 0 bridgehead atoms. The maximum Gasteiger partial charge on any atom is 0.224 e. The molecule has 1 fully saturated rings. The maximum atomic E-state index is 12.2. The van der Waals surface area contributed by atoms with Gasteiger partial charge in [0.25, 0.3) is 0 Å². The van der Waals surface area contributed by atoms with Crippen LogP contribution in [0.2, 0.25) is 10.0 Å². The first-order chi connectivity index (χ1) is 12.1. The monoisotopic (exact) mass is 376 g/mol. The Morgan fingerprint density at radius 1 is 1.00 bits per heavy atom. The van der Waals surface area contributed by atoms with Crippen molar-refractivity contribution in [1.82, 2.24) is 10.2 Å². The number of nitrogens with zero attached hydrogens (tertiary/aromatic N) is 1. The molecule has 1 N–H and O–H groups in total. The highest BCUT2D eigenvalue weighted by Crippen LogP contribution is 2.22. The van der Waals surface area contributed by atoms with Gasteiger partial charge < -0.3 is 5.32 Å². The van der Waals surface area contributed by atoms with Gasteiger partial charge in [0.2, 0.25) is 5.91 Å². The normalized spacial score (nSPS) is 14.6. The van der Waals surface area contributed by atoms with E-state index in [4.69, 9.17) is 23.2 Å². The van der Waals surface area contributed by atoms with Gasteiger partial charge in [0, 0.05) is 13.1 Å². The second-order valence-corrected chi connectivity index (χ2v) is 7.27. The molecular weight excluding hydrogens is 355 g/mol. The number of amides is 1. The van der Waals surface area contributed by atoms with E-state index < -0.39 is 0 Å². The fraction of sp³-hybridized carbons (Fsp3) is 0.350. The Morgan fingerprint density at radius 3 is 2.44 bits per heavy atom. The van der Waals surface area contributed by atoms with Crippen LogP contribution in [0, 0.1) is 0 Å². The zero-order valence-corrected chi connectivity index (χ0v) is 15.6. The van der Waals surface area contributed by atoms with Crippen LogP contribution in [0.25, 0.3) is 0 Å². The summed E-state index contributed by atoms with van der Waals surface area (Å²) in [5.41, 5.74) is 3.33. The SMILES string of the molecule is O=C(Cc1ccc(Cl)c(Cl)c1)NCc1ccccc1CN1CCCC1. The standard InChI is InChI=1S/C20H22Cl2N2O/c21-18-8-7-15(11-19(18)22)12-20(25)23-13-16-5-1-2-6-17(16)14-24-9-3-4-10-24/h1-2,5-8,11H,3-4,9-10,12-14H2,(H,23,25). The zero-order chi connectivity index (χ0) is 17.6. The molecule has 1 amide bonds. The molecule has 0 radical (unpaired) electrons. The lowest BCUT2D eigenvalue weighted by molar-refractivity contribution is -0.120. The van der Waals surface area contributed by atoms with Crippen LogP contribution in [0.1, 0.15) is 29.5 Å². The Balaban J connectivity index is 1.57. The third-order valence-corrected chi connectivity index (χ3v) is 5.27. The predicted molar refractivity (Wildman–Crippen MR) is 103 cm³/mol. The lowest BCUT2D eigenvalue weighted by atomic mass is 10.1. The van der Waals surface area contributed by atoms with Gasteiger partial charge in [0.1, 0.15) is 0 Å². The minimum absolute atomic E-state index is 0.0191. The first-order valence-corrected chi connectivity index (χ1v) is 9.37. The molecule has 0 spiro atoms. The molecule has 0 atom stereocenters. The fourth-order valence-electron chi connectivity index (χ4n) is 3.16. The summed E-state index contributed by atoms with van der Waals surface area (Å²) >= 11 is 11.9. The summed E-state index contributed by atoms with van der Waals surface area (Å²) in [6, 6.07) is 13.6. The highest BCUT2D eigenvalue weighted by molar-refractivity contribution is 6.42. The van der Waals surface area contributed by atoms with Crippen molar-refractivity contribution in [1.29, 1.82) is 0 Å². The fourth-order valence-corrected chi connectivity index (χ4v) is 3.48. The molecule has 1 aliphatic rings. The molecule has 1 saturated heterocycles. The predicted octanol–water partition coefficient (Wildman–Crippen LogP) is 4.45. The Hall–Kier alpha value is -1.55. The minimum Gasteiger partial charge on any atom is -0.352 e. The van der Waals surface area contributed by atoms with Crippen LogP contribution in [0.3, 0.4) is 0 Å². The lowest BCUT2D eigenvalue weighted by Gasteiger charge is -2.17. The number of benzene rings is 2. The van der Waals surface area contributed by atoms with Crippen LogP contribution in [0.5, 0.6) is 0 Å². The van der Waals surface area contributed by atoms with Gasteiger partial charge in [0.15, 0.2) is 0 Å². The van der Waals surface area contributed by atoms with E-state index in [0.29, 0.717) is 23.0 Å². The number of rotatable bonds is 6. The molecule has 5 heteroatoms. The van der Waals surface area contributed by atoms with Gasteiger partial charge in [-0.05, 0) is 54.8 Å². The number of nitrogens with one attached hydrogen (secondary N) is 1. The van der Waals surface area contributed by atoms with Crippen LogP contribution < -0.4 is 5.32 Å². The number of likely N-dealkylation sites (tertiary alicyclic amines) is 1. The van der Waals surface area contributed by atoms with E-state index >= 15 is 0 Å². The average Bonchev–Trinajstić information content (AvgIpc) is 3.10. The highest BCUT2D eigenvalue weighted by Gasteiger charge is 2.14. The summed E-state index contributed by atoms with van der Waals surface area (Å²) in [6.07, 6.45) is 2.86. The third kappa shape index (κ3) is 5.21. The number of hydrogen-bond donors (Lipinski definition) is 1. The van der Waals surface area contributed by atoms with Gasteiger partial charge in [-0.15, -0.1) is 0 Å². The van der Waals surface area contributed by atoms with Gasteiger partial charge >= 0.3 is 0 Å². The summed E-state index contributed by atoms with van der Waals surface area (Å²) in [7, 11) is 0. The van der Waals surface area contributed by atoms with E-state index in [1.54, 1.807) is 12.1 Å². The third-order valence-electron chi connectivity index (χ3n) is 4.54. The van der Waals surface area contributed by atoms with Crippen LogP contribution >= 0.6 is 23.2 Å². The number of carbonyl (C=O) groups excluding carboxylic acids is 1. The molecule has 2 aromatic carbocycles. The molecule has 1 aliphatic heterocycles. The Labute approximate surface area is 158 Å². The van der Waals surface area contributed by atoms with Gasteiger partial charge in [-0.25, -0.2) is 0 Å². The van der Waals surface area contributed by atoms with Crippen molar-refractivity contribution in [3.63, 3.8) is 0 Å². The summed E-state index contributed by atoms with van der Waals surface area (Å²) in [5, 5.41) is 3.99. The molecule has 0 saturated carbocycles. The van der Waals surface area contributed by atoms with Gasteiger partial charge in [-0.1, -0.05) is 53.5 Å². The van der Waals surface area contributed by atoms with Crippen molar-refractivity contribution < 1.29 is 4.79 Å². The molecule has 0 aliphatic carbocycles. The summed E-state index contributed by atoms with van der Waals surface area (Å²) in [4.78, 5) is 14.7. The Morgan fingerprint density at radius 2 is 1.72 bits per heavy atom. The number of carbonyl (C=O) groups is 1.